The fourth-order valence-corrected chi connectivity index (χ4v) is 3.76. The van der Waals surface area contributed by atoms with Crippen LogP contribution in [0.15, 0.2) is 48.5 Å². The number of methoxy groups -OCH3 is 2. The molecule has 1 fully saturated rings. The number of thiocarbonyl (C=S) groups is 1. The van der Waals surface area contributed by atoms with Crippen LogP contribution >= 0.6 is 12.2 Å². The van der Waals surface area contributed by atoms with Crippen molar-refractivity contribution in [3.8, 4) is 11.5 Å². The molecule has 3 rings (SSSR count). The largest absolute Gasteiger partial charge is 0.493 e. The number of para-hydroxylation sites is 1. The molecule has 0 saturated carbocycles. The van der Waals surface area contributed by atoms with E-state index < -0.39 is 0 Å². The highest BCUT2D eigenvalue weighted by Gasteiger charge is 2.15. The summed E-state index contributed by atoms with van der Waals surface area (Å²) in [7, 11) is 3.30. The first-order valence-electron chi connectivity index (χ1n) is 10.3. The van der Waals surface area contributed by atoms with E-state index in [0.29, 0.717) is 6.54 Å². The maximum absolute atomic E-state index is 5.76. The Kier molecular flexibility index (Phi) is 8.74. The average molecular weight is 430 g/mol. The number of nitrogens with one attached hydrogen (secondary N) is 1. The fraction of sp³-hybridized carbons (Fsp3) is 0.435. The number of nitrogens with zero attached hydrogens (tertiary/aromatic N) is 2. The molecule has 0 aliphatic carbocycles. The summed E-state index contributed by atoms with van der Waals surface area (Å²) in [6.07, 6.45) is 1.03. The van der Waals surface area contributed by atoms with Crippen LogP contribution in [0.2, 0.25) is 0 Å². The lowest BCUT2D eigenvalue weighted by molar-refractivity contribution is 0.0368. The van der Waals surface area contributed by atoms with Crippen molar-refractivity contribution in [1.29, 1.82) is 0 Å². The lowest BCUT2D eigenvalue weighted by Gasteiger charge is -2.30. The van der Waals surface area contributed by atoms with Gasteiger partial charge in [0.2, 0.25) is 0 Å². The normalized spacial score (nSPS) is 14.2. The molecule has 2 aromatic rings. The van der Waals surface area contributed by atoms with Gasteiger partial charge in [0.15, 0.2) is 16.6 Å². The maximum atomic E-state index is 5.76. The van der Waals surface area contributed by atoms with Crippen LogP contribution in [-0.4, -0.2) is 68.5 Å². The van der Waals surface area contributed by atoms with E-state index in [1.54, 1.807) is 14.2 Å². The first-order chi connectivity index (χ1) is 14.7. The highest BCUT2D eigenvalue weighted by Crippen LogP contribution is 2.28. The van der Waals surface area contributed by atoms with Crippen LogP contribution in [0.4, 0.5) is 5.69 Å². The van der Waals surface area contributed by atoms with Gasteiger partial charge < -0.3 is 24.4 Å². The van der Waals surface area contributed by atoms with Crippen molar-refractivity contribution < 1.29 is 14.2 Å². The van der Waals surface area contributed by atoms with Crippen molar-refractivity contribution in [2.45, 2.75) is 13.0 Å². The SMILES string of the molecule is COc1ccc(CN(CCCN2CCOCC2)C(=S)Nc2ccccc2)cc1OC. The molecule has 0 amide bonds. The number of ether oxygens (including phenoxy) is 3. The second-order valence-corrected chi connectivity index (χ2v) is 7.60. The lowest BCUT2D eigenvalue weighted by atomic mass is 10.2. The summed E-state index contributed by atoms with van der Waals surface area (Å²) in [5.74, 6) is 1.45. The highest BCUT2D eigenvalue weighted by atomic mass is 32.1. The third-order valence-electron chi connectivity index (χ3n) is 5.14. The Morgan fingerprint density at radius 2 is 1.80 bits per heavy atom. The standard InChI is InChI=1S/C23H31N3O3S/c1-27-21-10-9-19(17-22(21)28-2)18-26(12-6-11-25-13-15-29-16-14-25)23(30)24-20-7-4-3-5-8-20/h3-5,7-10,17H,6,11-16,18H2,1-2H3,(H,24,30). The third kappa shape index (κ3) is 6.58. The molecular formula is C23H31N3O3S. The van der Waals surface area contributed by atoms with Gasteiger partial charge in [0.05, 0.1) is 27.4 Å². The number of benzene rings is 2. The molecule has 1 heterocycles. The zero-order valence-corrected chi connectivity index (χ0v) is 18.6. The average Bonchev–Trinajstić information content (AvgIpc) is 2.79. The van der Waals surface area contributed by atoms with Crippen molar-refractivity contribution in [2.24, 2.45) is 0 Å². The molecule has 1 N–H and O–H groups in total. The molecule has 7 heteroatoms. The molecule has 30 heavy (non-hydrogen) atoms. The summed E-state index contributed by atoms with van der Waals surface area (Å²) < 4.78 is 16.3. The summed E-state index contributed by atoms with van der Waals surface area (Å²) in [4.78, 5) is 4.66. The summed E-state index contributed by atoms with van der Waals surface area (Å²) in [6, 6.07) is 16.1. The predicted octanol–water partition coefficient (Wildman–Crippen LogP) is 3.63. The van der Waals surface area contributed by atoms with E-state index in [1.807, 2.05) is 42.5 Å². The Morgan fingerprint density at radius 3 is 2.50 bits per heavy atom. The Morgan fingerprint density at radius 1 is 1.07 bits per heavy atom. The number of morpholine rings is 1. The van der Waals surface area contributed by atoms with Gasteiger partial charge in [-0.3, -0.25) is 4.90 Å². The van der Waals surface area contributed by atoms with E-state index in [0.717, 1.165) is 73.7 Å². The van der Waals surface area contributed by atoms with Gasteiger partial charge in [-0.15, -0.1) is 0 Å². The Labute approximate surface area is 184 Å². The number of anilines is 1. The van der Waals surface area contributed by atoms with E-state index >= 15 is 0 Å². The maximum Gasteiger partial charge on any atom is 0.173 e. The molecule has 1 saturated heterocycles. The summed E-state index contributed by atoms with van der Waals surface area (Å²) in [6.45, 7) is 6.25. The van der Waals surface area contributed by atoms with Crippen molar-refractivity contribution >= 4 is 23.0 Å². The van der Waals surface area contributed by atoms with Crippen molar-refractivity contribution in [3.05, 3.63) is 54.1 Å². The van der Waals surface area contributed by atoms with Crippen LogP contribution in [0.1, 0.15) is 12.0 Å². The quantitative estimate of drug-likeness (QED) is 0.611. The monoisotopic (exact) mass is 429 g/mol. The summed E-state index contributed by atoms with van der Waals surface area (Å²) in [5.41, 5.74) is 2.12. The van der Waals surface area contributed by atoms with E-state index in [-0.39, 0.29) is 0 Å². The first-order valence-corrected chi connectivity index (χ1v) is 10.7. The van der Waals surface area contributed by atoms with E-state index in [1.165, 1.54) is 0 Å². The minimum atomic E-state index is 0.697. The van der Waals surface area contributed by atoms with Gasteiger partial charge in [0.1, 0.15) is 0 Å². The zero-order chi connectivity index (χ0) is 21.2. The minimum absolute atomic E-state index is 0.697. The molecule has 0 radical (unpaired) electrons. The molecule has 2 aromatic carbocycles. The van der Waals surface area contributed by atoms with Gasteiger partial charge in [-0.25, -0.2) is 0 Å². The molecule has 162 valence electrons. The Bertz CT molecular complexity index is 798. The minimum Gasteiger partial charge on any atom is -0.493 e. The van der Waals surface area contributed by atoms with Crippen LogP contribution < -0.4 is 14.8 Å². The summed E-state index contributed by atoms with van der Waals surface area (Å²) >= 11 is 5.76. The fourth-order valence-electron chi connectivity index (χ4n) is 3.49. The van der Waals surface area contributed by atoms with Crippen LogP contribution in [0, 0.1) is 0 Å². The Balaban J connectivity index is 1.66. The lowest BCUT2D eigenvalue weighted by Crippen LogP contribution is -2.40. The van der Waals surface area contributed by atoms with Gasteiger partial charge in [-0.2, -0.15) is 0 Å². The van der Waals surface area contributed by atoms with Crippen LogP contribution in [0.5, 0.6) is 11.5 Å². The molecule has 0 unspecified atom stereocenters. The topological polar surface area (TPSA) is 46.2 Å². The second kappa shape index (κ2) is 11.7. The van der Waals surface area contributed by atoms with Crippen molar-refractivity contribution in [2.75, 3.05) is 58.9 Å². The third-order valence-corrected chi connectivity index (χ3v) is 5.50. The van der Waals surface area contributed by atoms with E-state index in [2.05, 4.69) is 21.2 Å². The predicted molar refractivity (Wildman–Crippen MR) is 124 cm³/mol. The second-order valence-electron chi connectivity index (χ2n) is 7.21. The molecule has 6 nitrogen and oxygen atoms in total. The van der Waals surface area contributed by atoms with E-state index in [9.17, 15) is 0 Å². The van der Waals surface area contributed by atoms with Crippen LogP contribution in [-0.2, 0) is 11.3 Å². The number of hydrogen-bond acceptors (Lipinski definition) is 5. The molecule has 1 aliphatic rings. The first kappa shape index (κ1) is 22.3. The van der Waals surface area contributed by atoms with E-state index in [4.69, 9.17) is 26.4 Å². The smallest absolute Gasteiger partial charge is 0.173 e. The zero-order valence-electron chi connectivity index (χ0n) is 17.8. The van der Waals surface area contributed by atoms with Gasteiger partial charge in [0.25, 0.3) is 0 Å². The molecule has 0 bridgehead atoms. The van der Waals surface area contributed by atoms with Gasteiger partial charge >= 0.3 is 0 Å². The summed E-state index contributed by atoms with van der Waals surface area (Å²) in [5, 5.41) is 4.09. The highest BCUT2D eigenvalue weighted by molar-refractivity contribution is 7.80. The molecule has 0 aromatic heterocycles. The molecular weight excluding hydrogens is 398 g/mol. The molecule has 0 atom stereocenters. The van der Waals surface area contributed by atoms with Crippen LogP contribution in [0.25, 0.3) is 0 Å². The Hall–Kier alpha value is -2.35. The molecule has 1 aliphatic heterocycles. The van der Waals surface area contributed by atoms with Gasteiger partial charge in [-0.1, -0.05) is 24.3 Å². The number of hydrogen-bond donors (Lipinski definition) is 1. The van der Waals surface area contributed by atoms with Crippen LogP contribution in [0.3, 0.4) is 0 Å². The molecule has 0 spiro atoms. The van der Waals surface area contributed by atoms with Gasteiger partial charge in [-0.05, 0) is 48.5 Å². The van der Waals surface area contributed by atoms with Crippen molar-refractivity contribution in [3.63, 3.8) is 0 Å². The number of rotatable bonds is 9. The van der Waals surface area contributed by atoms with Crippen molar-refractivity contribution in [1.82, 2.24) is 9.80 Å². The van der Waals surface area contributed by atoms with Gasteiger partial charge in [0, 0.05) is 38.4 Å².